The molecule has 0 aliphatic heterocycles. The van der Waals surface area contributed by atoms with Crippen LogP contribution in [0.4, 0.5) is 15.9 Å². The van der Waals surface area contributed by atoms with Gasteiger partial charge < -0.3 is 5.32 Å². The van der Waals surface area contributed by atoms with Gasteiger partial charge in [-0.2, -0.15) is 0 Å². The molecule has 0 amide bonds. The normalized spacial score (nSPS) is 10.8. The van der Waals surface area contributed by atoms with Gasteiger partial charge in [0.2, 0.25) is 0 Å². The summed E-state index contributed by atoms with van der Waals surface area (Å²) in [7, 11) is 0. The fourth-order valence-corrected chi connectivity index (χ4v) is 2.39. The van der Waals surface area contributed by atoms with Gasteiger partial charge in [0.15, 0.2) is 0 Å². The molecular formula is C13H12BrFIN3. The molecule has 1 heterocycles. The maximum atomic E-state index is 13.5. The molecule has 100 valence electrons. The number of rotatable bonds is 3. The molecule has 1 N–H and O–H groups in total. The van der Waals surface area contributed by atoms with E-state index in [-0.39, 0.29) is 11.7 Å². The maximum absolute atomic E-state index is 13.5. The predicted molar refractivity (Wildman–Crippen MR) is 86.2 cm³/mol. The Balaban J connectivity index is 2.35. The number of aromatic nitrogens is 2. The average molecular weight is 436 g/mol. The maximum Gasteiger partial charge on any atom is 0.138 e. The van der Waals surface area contributed by atoms with Gasteiger partial charge in [0.25, 0.3) is 0 Å². The van der Waals surface area contributed by atoms with Crippen LogP contribution in [0.25, 0.3) is 0 Å². The van der Waals surface area contributed by atoms with Crippen LogP contribution < -0.4 is 5.32 Å². The molecule has 0 bridgehead atoms. The van der Waals surface area contributed by atoms with Crippen molar-refractivity contribution in [1.29, 1.82) is 0 Å². The third-order valence-electron chi connectivity index (χ3n) is 2.44. The van der Waals surface area contributed by atoms with E-state index >= 15 is 0 Å². The Morgan fingerprint density at radius 1 is 1.32 bits per heavy atom. The van der Waals surface area contributed by atoms with Crippen LogP contribution in [0.15, 0.2) is 28.9 Å². The molecule has 0 spiro atoms. The minimum atomic E-state index is -0.247. The summed E-state index contributed by atoms with van der Waals surface area (Å²) in [5.41, 5.74) is 0.695. The summed E-state index contributed by atoms with van der Waals surface area (Å²) >= 11 is 5.33. The smallest absolute Gasteiger partial charge is 0.138 e. The SMILES string of the molecule is CC(C)c1nc(Br)cc(Nc2cccc(F)c2I)n1. The van der Waals surface area contributed by atoms with Crippen LogP contribution in [0.3, 0.4) is 0 Å². The number of nitrogens with one attached hydrogen (secondary N) is 1. The lowest BCUT2D eigenvalue weighted by Crippen LogP contribution is -2.03. The van der Waals surface area contributed by atoms with Gasteiger partial charge in [0, 0.05) is 12.0 Å². The van der Waals surface area contributed by atoms with Gasteiger partial charge in [-0.05, 0) is 50.7 Å². The third-order valence-corrected chi connectivity index (χ3v) is 3.95. The second-order valence-electron chi connectivity index (χ2n) is 4.32. The Hall–Kier alpha value is -0.760. The lowest BCUT2D eigenvalue weighted by molar-refractivity contribution is 0.621. The summed E-state index contributed by atoms with van der Waals surface area (Å²) in [6.45, 7) is 4.05. The van der Waals surface area contributed by atoms with Crippen LogP contribution in [0.5, 0.6) is 0 Å². The fourth-order valence-electron chi connectivity index (χ4n) is 1.50. The first-order valence-corrected chi connectivity index (χ1v) is 7.60. The second kappa shape index (κ2) is 6.13. The Morgan fingerprint density at radius 2 is 2.05 bits per heavy atom. The highest BCUT2D eigenvalue weighted by molar-refractivity contribution is 14.1. The molecule has 0 aliphatic rings. The van der Waals surface area contributed by atoms with Crippen LogP contribution >= 0.6 is 38.5 Å². The minimum absolute atomic E-state index is 0.227. The molecule has 0 saturated heterocycles. The lowest BCUT2D eigenvalue weighted by atomic mass is 10.2. The van der Waals surface area contributed by atoms with Crippen molar-refractivity contribution in [3.63, 3.8) is 0 Å². The number of halogens is 3. The van der Waals surface area contributed by atoms with E-state index in [0.29, 0.717) is 19.7 Å². The number of anilines is 2. The van der Waals surface area contributed by atoms with E-state index in [1.807, 2.05) is 42.5 Å². The molecule has 0 radical (unpaired) electrons. The zero-order valence-corrected chi connectivity index (χ0v) is 14.2. The molecule has 0 fully saturated rings. The van der Waals surface area contributed by atoms with E-state index in [0.717, 1.165) is 5.82 Å². The Bertz CT molecular complexity index is 604. The van der Waals surface area contributed by atoms with Gasteiger partial charge in [-0.15, -0.1) is 0 Å². The van der Waals surface area contributed by atoms with E-state index in [1.165, 1.54) is 6.07 Å². The Labute approximate surface area is 133 Å². The first kappa shape index (κ1) is 14.6. The van der Waals surface area contributed by atoms with Crippen molar-refractivity contribution in [1.82, 2.24) is 9.97 Å². The van der Waals surface area contributed by atoms with E-state index in [9.17, 15) is 4.39 Å². The number of hydrogen-bond acceptors (Lipinski definition) is 3. The summed E-state index contributed by atoms with van der Waals surface area (Å²) in [5, 5.41) is 3.12. The summed E-state index contributed by atoms with van der Waals surface area (Å²) in [5.74, 6) is 1.37. The number of hydrogen-bond donors (Lipinski definition) is 1. The van der Waals surface area contributed by atoms with Gasteiger partial charge in [-0.25, -0.2) is 14.4 Å². The predicted octanol–water partition coefficient (Wildman–Crippen LogP) is 4.85. The van der Waals surface area contributed by atoms with Crippen LogP contribution in [0.2, 0.25) is 0 Å². The molecule has 3 nitrogen and oxygen atoms in total. The molecular weight excluding hydrogens is 424 g/mol. The largest absolute Gasteiger partial charge is 0.339 e. The molecule has 2 aromatic rings. The Morgan fingerprint density at radius 3 is 2.74 bits per heavy atom. The highest BCUT2D eigenvalue weighted by atomic mass is 127. The summed E-state index contributed by atoms with van der Waals surface area (Å²) in [6, 6.07) is 6.69. The van der Waals surface area contributed by atoms with Crippen molar-refractivity contribution in [3.8, 4) is 0 Å². The molecule has 0 atom stereocenters. The molecule has 0 unspecified atom stereocenters. The fraction of sp³-hybridized carbons (Fsp3) is 0.231. The summed E-state index contributed by atoms with van der Waals surface area (Å²) in [6.07, 6.45) is 0. The molecule has 19 heavy (non-hydrogen) atoms. The molecule has 1 aromatic carbocycles. The first-order chi connectivity index (χ1) is 8.97. The van der Waals surface area contributed by atoms with E-state index in [1.54, 1.807) is 12.1 Å². The summed E-state index contributed by atoms with van der Waals surface area (Å²) < 4.78 is 14.7. The van der Waals surface area contributed by atoms with Crippen LogP contribution in [0, 0.1) is 9.39 Å². The first-order valence-electron chi connectivity index (χ1n) is 5.73. The molecule has 6 heteroatoms. The van der Waals surface area contributed by atoms with Crippen molar-refractivity contribution < 1.29 is 4.39 Å². The number of nitrogens with zero attached hydrogens (tertiary/aromatic N) is 2. The highest BCUT2D eigenvalue weighted by Crippen LogP contribution is 2.25. The van der Waals surface area contributed by atoms with E-state index in [4.69, 9.17) is 0 Å². The summed E-state index contributed by atoms with van der Waals surface area (Å²) in [4.78, 5) is 8.73. The van der Waals surface area contributed by atoms with Gasteiger partial charge >= 0.3 is 0 Å². The zero-order valence-electron chi connectivity index (χ0n) is 10.4. The molecule has 0 saturated carbocycles. The van der Waals surface area contributed by atoms with Crippen LogP contribution in [-0.4, -0.2) is 9.97 Å². The van der Waals surface area contributed by atoms with Crippen molar-refractivity contribution in [2.24, 2.45) is 0 Å². The van der Waals surface area contributed by atoms with Gasteiger partial charge in [-0.1, -0.05) is 19.9 Å². The van der Waals surface area contributed by atoms with Crippen molar-refractivity contribution in [2.45, 2.75) is 19.8 Å². The minimum Gasteiger partial charge on any atom is -0.339 e. The van der Waals surface area contributed by atoms with Crippen molar-refractivity contribution in [3.05, 3.63) is 44.1 Å². The Kier molecular flexibility index (Phi) is 4.72. The quantitative estimate of drug-likeness (QED) is 0.553. The second-order valence-corrected chi connectivity index (χ2v) is 6.21. The lowest BCUT2D eigenvalue weighted by Gasteiger charge is -2.11. The molecule has 2 rings (SSSR count). The highest BCUT2D eigenvalue weighted by Gasteiger charge is 2.09. The van der Waals surface area contributed by atoms with Gasteiger partial charge in [0.1, 0.15) is 22.1 Å². The van der Waals surface area contributed by atoms with Crippen LogP contribution in [0.1, 0.15) is 25.6 Å². The average Bonchev–Trinajstić information content (AvgIpc) is 2.34. The van der Waals surface area contributed by atoms with Gasteiger partial charge in [0.05, 0.1) is 9.26 Å². The van der Waals surface area contributed by atoms with Gasteiger partial charge in [-0.3, -0.25) is 0 Å². The molecule has 0 aliphatic carbocycles. The number of benzene rings is 1. The zero-order chi connectivity index (χ0) is 14.0. The van der Waals surface area contributed by atoms with Crippen molar-refractivity contribution >= 4 is 50.0 Å². The molecule has 1 aromatic heterocycles. The van der Waals surface area contributed by atoms with Crippen LogP contribution in [-0.2, 0) is 0 Å². The standard InChI is InChI=1S/C13H12BrFIN3/c1-7(2)13-18-10(14)6-11(19-13)17-9-5-3-4-8(15)12(9)16/h3-7H,1-2H3,(H,17,18,19). The van der Waals surface area contributed by atoms with E-state index < -0.39 is 0 Å². The topological polar surface area (TPSA) is 37.8 Å². The monoisotopic (exact) mass is 435 g/mol. The third kappa shape index (κ3) is 3.62. The van der Waals surface area contributed by atoms with E-state index in [2.05, 4.69) is 31.2 Å². The van der Waals surface area contributed by atoms with Crippen molar-refractivity contribution in [2.75, 3.05) is 5.32 Å².